The topological polar surface area (TPSA) is 87.8 Å². The number of aryl methyl sites for hydroxylation is 1. The molecule has 1 saturated heterocycles. The van der Waals surface area contributed by atoms with Crippen LogP contribution in [0, 0.1) is 12.7 Å². The molecule has 1 aliphatic heterocycles. The number of carbonyl (C=O) groups excluding carboxylic acids is 1. The van der Waals surface area contributed by atoms with Crippen LogP contribution < -0.4 is 10.1 Å². The summed E-state index contributed by atoms with van der Waals surface area (Å²) in [5.74, 6) is 0.415. The summed E-state index contributed by atoms with van der Waals surface area (Å²) in [4.78, 5) is 14.3. The number of nitrogens with one attached hydrogen (secondary N) is 1. The van der Waals surface area contributed by atoms with Gasteiger partial charge in [-0.25, -0.2) is 4.39 Å². The van der Waals surface area contributed by atoms with Crippen molar-refractivity contribution in [1.82, 2.24) is 15.4 Å². The third-order valence-electron chi connectivity index (χ3n) is 4.72. The standard InChI is InChI=1S/C19H24FN3O4/c1-13-8-15(22-27-13)10-21-12-19(25)6-3-7-23(18(19)24)11-14-9-16(26-2)4-5-17(14)20/h4-5,8-9,21,25H,3,6-7,10-12H2,1-2H3. The average molecular weight is 377 g/mol. The highest BCUT2D eigenvalue weighted by atomic mass is 19.1. The zero-order chi connectivity index (χ0) is 19.4. The maximum atomic E-state index is 14.1. The van der Waals surface area contributed by atoms with Gasteiger partial charge in [-0.15, -0.1) is 0 Å². The van der Waals surface area contributed by atoms with Crippen molar-refractivity contribution in [2.75, 3.05) is 20.2 Å². The first kappa shape index (κ1) is 19.3. The van der Waals surface area contributed by atoms with Crippen LogP contribution in [0.3, 0.4) is 0 Å². The zero-order valence-corrected chi connectivity index (χ0v) is 15.5. The third-order valence-corrected chi connectivity index (χ3v) is 4.72. The molecule has 1 aliphatic rings. The van der Waals surface area contributed by atoms with Crippen molar-refractivity contribution in [3.05, 3.63) is 47.1 Å². The molecule has 7 nitrogen and oxygen atoms in total. The lowest BCUT2D eigenvalue weighted by molar-refractivity contribution is -0.157. The van der Waals surface area contributed by atoms with Crippen molar-refractivity contribution in [2.45, 2.75) is 38.5 Å². The second-order valence-electron chi connectivity index (χ2n) is 6.85. The van der Waals surface area contributed by atoms with Gasteiger partial charge < -0.3 is 24.6 Å². The smallest absolute Gasteiger partial charge is 0.256 e. The fourth-order valence-electron chi connectivity index (χ4n) is 3.28. The second-order valence-corrected chi connectivity index (χ2v) is 6.85. The summed E-state index contributed by atoms with van der Waals surface area (Å²) in [7, 11) is 1.50. The Balaban J connectivity index is 1.63. The minimum Gasteiger partial charge on any atom is -0.497 e. The van der Waals surface area contributed by atoms with Gasteiger partial charge in [0.1, 0.15) is 17.3 Å². The molecule has 1 amide bonds. The molecule has 1 fully saturated rings. The van der Waals surface area contributed by atoms with Gasteiger partial charge in [0.25, 0.3) is 5.91 Å². The second kappa shape index (κ2) is 8.06. The Hall–Kier alpha value is -2.45. The number of ether oxygens (including phenoxy) is 1. The van der Waals surface area contributed by atoms with Crippen LogP contribution in [0.5, 0.6) is 5.75 Å². The number of nitrogens with zero attached hydrogens (tertiary/aromatic N) is 2. The van der Waals surface area contributed by atoms with E-state index in [1.165, 1.54) is 24.1 Å². The largest absolute Gasteiger partial charge is 0.497 e. The van der Waals surface area contributed by atoms with Crippen LogP contribution in [-0.4, -0.2) is 46.9 Å². The number of aromatic nitrogens is 1. The molecule has 1 aromatic heterocycles. The summed E-state index contributed by atoms with van der Waals surface area (Å²) < 4.78 is 24.2. The SMILES string of the molecule is COc1ccc(F)c(CN2CCCC(O)(CNCc3cc(C)on3)C2=O)c1. The Bertz CT molecular complexity index is 810. The number of benzene rings is 1. The minimum atomic E-state index is -1.52. The van der Waals surface area contributed by atoms with Crippen molar-refractivity contribution in [3.63, 3.8) is 0 Å². The van der Waals surface area contributed by atoms with Crippen molar-refractivity contribution < 1.29 is 23.6 Å². The van der Waals surface area contributed by atoms with Gasteiger partial charge in [-0.2, -0.15) is 0 Å². The van der Waals surface area contributed by atoms with E-state index in [1.54, 1.807) is 19.1 Å². The number of likely N-dealkylation sites (tertiary alicyclic amines) is 1. The van der Waals surface area contributed by atoms with Gasteiger partial charge in [0.05, 0.1) is 12.8 Å². The molecule has 2 N–H and O–H groups in total. The van der Waals surface area contributed by atoms with Crippen LogP contribution in [0.4, 0.5) is 4.39 Å². The fourth-order valence-corrected chi connectivity index (χ4v) is 3.28. The summed E-state index contributed by atoms with van der Waals surface area (Å²) in [6.07, 6.45) is 0.992. The number of aliphatic hydroxyl groups is 1. The van der Waals surface area contributed by atoms with Crippen LogP contribution in [0.2, 0.25) is 0 Å². The first-order valence-corrected chi connectivity index (χ1v) is 8.88. The number of halogens is 1. The van der Waals surface area contributed by atoms with E-state index in [-0.39, 0.29) is 13.1 Å². The van der Waals surface area contributed by atoms with Crippen LogP contribution >= 0.6 is 0 Å². The number of amides is 1. The summed E-state index contributed by atoms with van der Waals surface area (Å²) in [6, 6.07) is 6.21. The molecule has 1 aromatic carbocycles. The fraction of sp³-hybridized carbons (Fsp3) is 0.474. The number of carbonyl (C=O) groups is 1. The third kappa shape index (κ3) is 4.45. The number of rotatable bonds is 7. The lowest BCUT2D eigenvalue weighted by Crippen LogP contribution is -2.57. The summed E-state index contributed by atoms with van der Waals surface area (Å²) in [6.45, 7) is 2.84. The Labute approximate surface area is 157 Å². The van der Waals surface area contributed by atoms with Crippen molar-refractivity contribution in [1.29, 1.82) is 0 Å². The first-order chi connectivity index (χ1) is 12.9. The van der Waals surface area contributed by atoms with E-state index >= 15 is 0 Å². The van der Waals surface area contributed by atoms with Crippen LogP contribution in [0.15, 0.2) is 28.8 Å². The van der Waals surface area contributed by atoms with E-state index in [4.69, 9.17) is 9.26 Å². The van der Waals surface area contributed by atoms with Crippen molar-refractivity contribution >= 4 is 5.91 Å². The summed E-state index contributed by atoms with van der Waals surface area (Å²) in [5.41, 5.74) is -0.459. The molecule has 27 heavy (non-hydrogen) atoms. The van der Waals surface area contributed by atoms with Crippen LogP contribution in [-0.2, 0) is 17.9 Å². The predicted octanol–water partition coefficient (Wildman–Crippen LogP) is 1.77. The number of hydrogen-bond donors (Lipinski definition) is 2. The molecule has 0 saturated carbocycles. The highest BCUT2D eigenvalue weighted by Gasteiger charge is 2.42. The molecular formula is C19H24FN3O4. The maximum Gasteiger partial charge on any atom is 0.256 e. The van der Waals surface area contributed by atoms with Crippen LogP contribution in [0.1, 0.15) is 29.9 Å². The molecule has 2 heterocycles. The zero-order valence-electron chi connectivity index (χ0n) is 15.5. The Morgan fingerprint density at radius 1 is 1.44 bits per heavy atom. The molecule has 8 heteroatoms. The lowest BCUT2D eigenvalue weighted by Gasteiger charge is -2.38. The summed E-state index contributed by atoms with van der Waals surface area (Å²) >= 11 is 0. The van der Waals surface area contributed by atoms with E-state index in [9.17, 15) is 14.3 Å². The van der Waals surface area contributed by atoms with E-state index in [0.717, 1.165) is 0 Å². The van der Waals surface area contributed by atoms with Crippen molar-refractivity contribution in [2.24, 2.45) is 0 Å². The highest BCUT2D eigenvalue weighted by Crippen LogP contribution is 2.26. The Morgan fingerprint density at radius 2 is 2.26 bits per heavy atom. The molecule has 0 aliphatic carbocycles. The molecule has 1 unspecified atom stereocenters. The number of methoxy groups -OCH3 is 1. The van der Waals surface area contributed by atoms with E-state index < -0.39 is 17.3 Å². The maximum absolute atomic E-state index is 14.1. The van der Waals surface area contributed by atoms with Gasteiger partial charge in [-0.1, -0.05) is 5.16 Å². The number of hydrogen-bond acceptors (Lipinski definition) is 6. The molecular weight excluding hydrogens is 353 g/mol. The van der Waals surface area contributed by atoms with Crippen molar-refractivity contribution in [3.8, 4) is 5.75 Å². The molecule has 2 aromatic rings. The minimum absolute atomic E-state index is 0.0899. The first-order valence-electron chi connectivity index (χ1n) is 8.88. The number of piperidine rings is 1. The predicted molar refractivity (Wildman–Crippen MR) is 95.5 cm³/mol. The molecule has 0 spiro atoms. The van der Waals surface area contributed by atoms with E-state index in [1.807, 2.05) is 0 Å². The van der Waals surface area contributed by atoms with Gasteiger partial charge >= 0.3 is 0 Å². The Morgan fingerprint density at radius 3 is 2.96 bits per heavy atom. The average Bonchev–Trinajstić information content (AvgIpc) is 3.06. The van der Waals surface area contributed by atoms with E-state index in [2.05, 4.69) is 10.5 Å². The lowest BCUT2D eigenvalue weighted by atomic mass is 9.91. The van der Waals surface area contributed by atoms with Gasteiger partial charge in [-0.05, 0) is 38.0 Å². The molecule has 1 atom stereocenters. The Kier molecular flexibility index (Phi) is 5.76. The van der Waals surface area contributed by atoms with Gasteiger partial charge in [0.2, 0.25) is 0 Å². The van der Waals surface area contributed by atoms with Crippen LogP contribution in [0.25, 0.3) is 0 Å². The highest BCUT2D eigenvalue weighted by molar-refractivity contribution is 5.86. The van der Waals surface area contributed by atoms with E-state index in [0.29, 0.717) is 48.7 Å². The molecule has 0 bridgehead atoms. The summed E-state index contributed by atoms with van der Waals surface area (Å²) in [5, 5.41) is 17.8. The monoisotopic (exact) mass is 377 g/mol. The molecule has 0 radical (unpaired) electrons. The van der Waals surface area contributed by atoms with Gasteiger partial charge in [-0.3, -0.25) is 4.79 Å². The van der Waals surface area contributed by atoms with Gasteiger partial charge in [0.15, 0.2) is 5.60 Å². The quantitative estimate of drug-likeness (QED) is 0.765. The normalized spacial score (nSPS) is 20.1. The molecule has 3 rings (SSSR count). The van der Waals surface area contributed by atoms with Gasteiger partial charge in [0, 0.05) is 37.8 Å². The molecule has 146 valence electrons.